The van der Waals surface area contributed by atoms with E-state index in [2.05, 4.69) is 66.2 Å². The predicted octanol–water partition coefficient (Wildman–Crippen LogP) is 6.51. The molecule has 0 bridgehead atoms. The van der Waals surface area contributed by atoms with E-state index in [1.54, 1.807) is 7.11 Å². The van der Waals surface area contributed by atoms with Crippen LogP contribution in [0.15, 0.2) is 103 Å². The molecule has 0 saturated carbocycles. The Balaban J connectivity index is 1.62. The van der Waals surface area contributed by atoms with E-state index in [1.165, 1.54) is 5.56 Å². The van der Waals surface area contributed by atoms with Gasteiger partial charge in [-0.3, -0.25) is 4.79 Å². The highest BCUT2D eigenvalue weighted by molar-refractivity contribution is 5.87. The molecular weight excluding hydrogens is 432 g/mol. The topological polar surface area (TPSA) is 34.5 Å². The Labute approximate surface area is 208 Å². The van der Waals surface area contributed by atoms with Crippen molar-refractivity contribution in [3.63, 3.8) is 0 Å². The number of hydrogen-bond acceptors (Lipinski definition) is 2. The smallest absolute Gasteiger partial charge is 0.234 e. The quantitative estimate of drug-likeness (QED) is 0.253. The van der Waals surface area contributed by atoms with Gasteiger partial charge in [0.05, 0.1) is 19.6 Å². The third kappa shape index (κ3) is 6.21. The first kappa shape index (κ1) is 24.3. The van der Waals surface area contributed by atoms with Gasteiger partial charge in [0.25, 0.3) is 0 Å². The highest BCUT2D eigenvalue weighted by atomic mass is 16.5. The molecule has 1 heterocycles. The molecule has 4 rings (SSSR count). The monoisotopic (exact) mass is 466 g/mol. The summed E-state index contributed by atoms with van der Waals surface area (Å²) >= 11 is 0. The van der Waals surface area contributed by atoms with Crippen LogP contribution in [0.1, 0.15) is 48.1 Å². The van der Waals surface area contributed by atoms with Crippen molar-refractivity contribution in [3.05, 3.63) is 126 Å². The molecular formula is C31H34N2O2. The summed E-state index contributed by atoms with van der Waals surface area (Å²) < 4.78 is 7.62. The summed E-state index contributed by atoms with van der Waals surface area (Å²) in [7, 11) is 1.69. The van der Waals surface area contributed by atoms with Crippen LogP contribution in [-0.2, 0) is 17.9 Å². The molecule has 0 spiro atoms. The van der Waals surface area contributed by atoms with E-state index in [9.17, 15) is 4.79 Å². The second-order valence-electron chi connectivity index (χ2n) is 8.85. The van der Waals surface area contributed by atoms with Gasteiger partial charge in [0.2, 0.25) is 5.91 Å². The van der Waals surface area contributed by atoms with Crippen LogP contribution in [0.2, 0.25) is 0 Å². The molecule has 4 nitrogen and oxygen atoms in total. The normalized spacial score (nSPS) is 10.9. The van der Waals surface area contributed by atoms with Gasteiger partial charge in [-0.25, -0.2) is 0 Å². The first-order valence-electron chi connectivity index (χ1n) is 12.3. The van der Waals surface area contributed by atoms with E-state index in [4.69, 9.17) is 4.74 Å². The third-order valence-corrected chi connectivity index (χ3v) is 6.37. The van der Waals surface area contributed by atoms with Crippen LogP contribution in [0.5, 0.6) is 5.75 Å². The lowest BCUT2D eigenvalue weighted by Crippen LogP contribution is -2.36. The highest BCUT2D eigenvalue weighted by Gasteiger charge is 2.27. The van der Waals surface area contributed by atoms with Crippen LogP contribution in [0.25, 0.3) is 0 Å². The van der Waals surface area contributed by atoms with Gasteiger partial charge < -0.3 is 14.2 Å². The summed E-state index contributed by atoms with van der Waals surface area (Å²) in [5, 5.41) is 0. The maximum atomic E-state index is 14.1. The fourth-order valence-electron chi connectivity index (χ4n) is 4.48. The highest BCUT2D eigenvalue weighted by Crippen LogP contribution is 2.28. The summed E-state index contributed by atoms with van der Waals surface area (Å²) in [4.78, 5) is 16.2. The van der Waals surface area contributed by atoms with Gasteiger partial charge in [-0.2, -0.15) is 0 Å². The Morgan fingerprint density at radius 3 is 2.20 bits per heavy atom. The molecule has 35 heavy (non-hydrogen) atoms. The van der Waals surface area contributed by atoms with Crippen molar-refractivity contribution in [3.8, 4) is 5.75 Å². The lowest BCUT2D eigenvalue weighted by molar-refractivity contribution is -0.132. The molecule has 0 saturated heterocycles. The standard InChI is InChI=1S/C31H34N2O2/c1-3-4-20-33(24-28-18-12-21-32(28)23-25-13-11-19-29(22-25)35-2)31(34)30(26-14-7-5-8-15-26)27-16-9-6-10-17-27/h5-19,21-22,30H,3-4,20,23-24H2,1-2H3. The maximum Gasteiger partial charge on any atom is 0.234 e. The number of nitrogens with zero attached hydrogens (tertiary/aromatic N) is 2. The zero-order valence-corrected chi connectivity index (χ0v) is 20.6. The van der Waals surface area contributed by atoms with Crippen molar-refractivity contribution in [2.75, 3.05) is 13.7 Å². The minimum Gasteiger partial charge on any atom is -0.497 e. The number of ether oxygens (including phenoxy) is 1. The first-order valence-corrected chi connectivity index (χ1v) is 12.3. The fraction of sp³-hybridized carbons (Fsp3) is 0.258. The van der Waals surface area contributed by atoms with Crippen molar-refractivity contribution < 1.29 is 9.53 Å². The van der Waals surface area contributed by atoms with Gasteiger partial charge in [-0.05, 0) is 47.4 Å². The van der Waals surface area contributed by atoms with Gasteiger partial charge in [-0.15, -0.1) is 0 Å². The molecule has 180 valence electrons. The van der Waals surface area contributed by atoms with E-state index < -0.39 is 0 Å². The number of amides is 1. The molecule has 0 N–H and O–H groups in total. The second-order valence-corrected chi connectivity index (χ2v) is 8.85. The van der Waals surface area contributed by atoms with Crippen molar-refractivity contribution in [2.45, 2.75) is 38.8 Å². The average Bonchev–Trinajstić information content (AvgIpc) is 3.34. The van der Waals surface area contributed by atoms with E-state index >= 15 is 0 Å². The van der Waals surface area contributed by atoms with Crippen LogP contribution in [0.3, 0.4) is 0 Å². The van der Waals surface area contributed by atoms with Gasteiger partial charge in [0.1, 0.15) is 5.75 Å². The van der Waals surface area contributed by atoms with Crippen LogP contribution >= 0.6 is 0 Å². The molecule has 4 aromatic rings. The summed E-state index contributed by atoms with van der Waals surface area (Å²) in [5.74, 6) is 0.672. The Kier molecular flexibility index (Phi) is 8.39. The van der Waals surface area contributed by atoms with Gasteiger partial charge in [0, 0.05) is 25.0 Å². The Bertz CT molecular complexity index is 1160. The van der Waals surface area contributed by atoms with Crippen LogP contribution < -0.4 is 4.74 Å². The first-order chi connectivity index (χ1) is 17.2. The number of carbonyl (C=O) groups is 1. The summed E-state index contributed by atoms with van der Waals surface area (Å²) in [6, 6.07) is 32.6. The van der Waals surface area contributed by atoms with Gasteiger partial charge >= 0.3 is 0 Å². The maximum absolute atomic E-state index is 14.1. The molecule has 0 aliphatic carbocycles. The number of carbonyl (C=O) groups excluding carboxylic acids is 1. The SMILES string of the molecule is CCCCN(Cc1cccn1Cc1cccc(OC)c1)C(=O)C(c1ccccc1)c1ccccc1. The van der Waals surface area contributed by atoms with E-state index in [-0.39, 0.29) is 11.8 Å². The zero-order valence-electron chi connectivity index (χ0n) is 20.6. The van der Waals surface area contributed by atoms with Gasteiger partial charge in [0.15, 0.2) is 0 Å². The molecule has 0 fully saturated rings. The minimum absolute atomic E-state index is 0.144. The average molecular weight is 467 g/mol. The lowest BCUT2D eigenvalue weighted by Gasteiger charge is -2.28. The predicted molar refractivity (Wildman–Crippen MR) is 142 cm³/mol. The lowest BCUT2D eigenvalue weighted by atomic mass is 9.90. The fourth-order valence-corrected chi connectivity index (χ4v) is 4.48. The molecule has 1 amide bonds. The molecule has 0 radical (unpaired) electrons. The summed E-state index contributed by atoms with van der Waals surface area (Å²) in [5.41, 5.74) is 4.34. The number of hydrogen-bond donors (Lipinski definition) is 0. The molecule has 3 aromatic carbocycles. The Hall–Kier alpha value is -3.79. The molecule has 0 unspecified atom stereocenters. The van der Waals surface area contributed by atoms with Crippen molar-refractivity contribution in [2.24, 2.45) is 0 Å². The van der Waals surface area contributed by atoms with Crippen molar-refractivity contribution >= 4 is 5.91 Å². The third-order valence-electron chi connectivity index (χ3n) is 6.37. The van der Waals surface area contributed by atoms with Crippen LogP contribution in [0, 0.1) is 0 Å². The zero-order chi connectivity index (χ0) is 24.5. The molecule has 0 atom stereocenters. The number of benzene rings is 3. The van der Waals surface area contributed by atoms with Gasteiger partial charge in [-0.1, -0.05) is 86.1 Å². The molecule has 1 aromatic heterocycles. The van der Waals surface area contributed by atoms with E-state index in [0.29, 0.717) is 6.54 Å². The number of rotatable bonds is 11. The molecule has 0 aliphatic heterocycles. The number of methoxy groups -OCH3 is 1. The minimum atomic E-state index is -0.323. The summed E-state index contributed by atoms with van der Waals surface area (Å²) in [6.07, 6.45) is 4.09. The summed E-state index contributed by atoms with van der Waals surface area (Å²) in [6.45, 7) is 4.21. The van der Waals surface area contributed by atoms with Crippen molar-refractivity contribution in [1.82, 2.24) is 9.47 Å². The van der Waals surface area contributed by atoms with E-state index in [0.717, 1.165) is 48.5 Å². The van der Waals surface area contributed by atoms with Crippen LogP contribution in [0.4, 0.5) is 0 Å². The van der Waals surface area contributed by atoms with E-state index in [1.807, 2.05) is 53.4 Å². The van der Waals surface area contributed by atoms with Crippen LogP contribution in [-0.4, -0.2) is 29.0 Å². The Morgan fingerprint density at radius 2 is 1.57 bits per heavy atom. The molecule has 0 aliphatic rings. The molecule has 4 heteroatoms. The van der Waals surface area contributed by atoms with Crippen molar-refractivity contribution in [1.29, 1.82) is 0 Å². The Morgan fingerprint density at radius 1 is 0.886 bits per heavy atom. The number of aromatic nitrogens is 1. The largest absolute Gasteiger partial charge is 0.497 e. The second kappa shape index (κ2) is 12.1. The number of unbranched alkanes of at least 4 members (excludes halogenated alkanes) is 1.